The van der Waals surface area contributed by atoms with Crippen molar-refractivity contribution < 1.29 is 4.79 Å². The van der Waals surface area contributed by atoms with E-state index in [-0.39, 0.29) is 11.9 Å². The fraction of sp³-hybridized carbons (Fsp3) is 0.350. The molecule has 3 saturated heterocycles. The maximum Gasteiger partial charge on any atom is 0.251 e. The van der Waals surface area contributed by atoms with Gasteiger partial charge in [0.25, 0.3) is 5.91 Å². The molecule has 0 unspecified atom stereocenters. The minimum atomic E-state index is -0.0389. The van der Waals surface area contributed by atoms with E-state index in [0.29, 0.717) is 17.2 Å². The third-order valence-electron chi connectivity index (χ3n) is 5.32. The lowest BCUT2D eigenvalue weighted by molar-refractivity contribution is 0.0620. The van der Waals surface area contributed by atoms with Crippen LogP contribution >= 0.6 is 0 Å². The summed E-state index contributed by atoms with van der Waals surface area (Å²) >= 11 is 0. The molecule has 0 radical (unpaired) electrons. The fourth-order valence-corrected chi connectivity index (χ4v) is 3.94. The van der Waals surface area contributed by atoms with Gasteiger partial charge < -0.3 is 10.2 Å². The molecular formula is C20H20N4O. The number of nitrogens with zero attached hydrogens (tertiary/aromatic N) is 3. The van der Waals surface area contributed by atoms with Crippen molar-refractivity contribution in [3.05, 3.63) is 53.9 Å². The number of hydrogen-bond acceptors (Lipinski definition) is 4. The summed E-state index contributed by atoms with van der Waals surface area (Å²) in [7, 11) is 0. The lowest BCUT2D eigenvalue weighted by Gasteiger charge is -2.44. The number of carbonyl (C=O) groups is 1. The van der Waals surface area contributed by atoms with Crippen LogP contribution in [0.5, 0.6) is 0 Å². The summed E-state index contributed by atoms with van der Waals surface area (Å²) < 4.78 is 0. The van der Waals surface area contributed by atoms with Gasteiger partial charge in [-0.25, -0.2) is 4.98 Å². The first kappa shape index (κ1) is 15.8. The van der Waals surface area contributed by atoms with Crippen molar-refractivity contribution in [1.82, 2.24) is 15.2 Å². The maximum atomic E-state index is 12.7. The van der Waals surface area contributed by atoms with Crippen molar-refractivity contribution in [2.75, 3.05) is 19.6 Å². The van der Waals surface area contributed by atoms with Crippen LogP contribution in [0.3, 0.4) is 0 Å². The Morgan fingerprint density at radius 2 is 2.08 bits per heavy atom. The van der Waals surface area contributed by atoms with E-state index >= 15 is 0 Å². The van der Waals surface area contributed by atoms with Gasteiger partial charge in [-0.15, -0.1) is 0 Å². The number of pyridine rings is 1. The predicted molar refractivity (Wildman–Crippen MR) is 94.8 cm³/mol. The second kappa shape index (κ2) is 6.66. The van der Waals surface area contributed by atoms with E-state index in [1.165, 1.54) is 12.8 Å². The molecule has 0 spiro atoms. The number of aromatic nitrogens is 1. The van der Waals surface area contributed by atoms with E-state index in [1.54, 1.807) is 12.3 Å². The molecule has 126 valence electrons. The number of fused-ring (bicyclic) bond motifs is 3. The van der Waals surface area contributed by atoms with Gasteiger partial charge in [0.2, 0.25) is 0 Å². The minimum Gasteiger partial charge on any atom is -0.348 e. The zero-order valence-electron chi connectivity index (χ0n) is 14.0. The molecule has 1 N–H and O–H groups in total. The Morgan fingerprint density at radius 3 is 2.80 bits per heavy atom. The molecule has 1 aromatic heterocycles. The molecule has 0 aliphatic carbocycles. The smallest absolute Gasteiger partial charge is 0.251 e. The van der Waals surface area contributed by atoms with Crippen molar-refractivity contribution in [1.29, 1.82) is 5.26 Å². The topological polar surface area (TPSA) is 69.0 Å². The summed E-state index contributed by atoms with van der Waals surface area (Å²) in [6.07, 6.45) is 3.95. The molecule has 4 heterocycles. The van der Waals surface area contributed by atoms with E-state index in [9.17, 15) is 10.1 Å². The molecule has 5 heteroatoms. The summed E-state index contributed by atoms with van der Waals surface area (Å²) in [5, 5.41) is 12.5. The van der Waals surface area contributed by atoms with Crippen LogP contribution in [0.1, 0.15) is 28.9 Å². The highest BCUT2D eigenvalue weighted by molar-refractivity contribution is 5.95. The van der Waals surface area contributed by atoms with E-state index in [4.69, 9.17) is 0 Å². The van der Waals surface area contributed by atoms with Crippen molar-refractivity contribution in [2.24, 2.45) is 5.92 Å². The predicted octanol–water partition coefficient (Wildman–Crippen LogP) is 2.44. The lowest BCUT2D eigenvalue weighted by Crippen LogP contribution is -2.57. The number of rotatable bonds is 3. The van der Waals surface area contributed by atoms with E-state index < -0.39 is 0 Å². The van der Waals surface area contributed by atoms with Gasteiger partial charge in [0.15, 0.2) is 0 Å². The number of nitrogens with one attached hydrogen (secondary N) is 1. The van der Waals surface area contributed by atoms with Gasteiger partial charge in [-0.2, -0.15) is 5.26 Å². The number of amides is 1. The summed E-state index contributed by atoms with van der Waals surface area (Å²) in [6.45, 7) is 3.27. The molecule has 3 aliphatic rings. The van der Waals surface area contributed by atoms with Gasteiger partial charge in [-0.05, 0) is 61.7 Å². The average molecular weight is 332 g/mol. The van der Waals surface area contributed by atoms with Crippen LogP contribution in [0.2, 0.25) is 0 Å². The van der Waals surface area contributed by atoms with Crippen LogP contribution in [0.15, 0.2) is 42.6 Å². The second-order valence-corrected chi connectivity index (χ2v) is 6.81. The van der Waals surface area contributed by atoms with Crippen LogP contribution in [0, 0.1) is 17.2 Å². The molecular weight excluding hydrogens is 312 g/mol. The van der Waals surface area contributed by atoms with Crippen LogP contribution in [0.4, 0.5) is 0 Å². The standard InChI is InChI=1S/C20H20N4O/c21-12-18-17(5-2-8-22-18)15-3-1-4-16(11-15)20(25)23-19-13-24-9-6-14(19)7-10-24/h1-5,8,11,14,19H,6-7,9-10,13H2,(H,23,25)/t19-/m1/s1. The largest absolute Gasteiger partial charge is 0.348 e. The maximum absolute atomic E-state index is 12.7. The van der Waals surface area contributed by atoms with E-state index in [2.05, 4.69) is 21.3 Å². The van der Waals surface area contributed by atoms with Gasteiger partial charge in [0.1, 0.15) is 11.8 Å². The molecule has 0 saturated carbocycles. The van der Waals surface area contributed by atoms with Crippen molar-refractivity contribution in [3.63, 3.8) is 0 Å². The average Bonchev–Trinajstić information content (AvgIpc) is 2.69. The molecule has 1 atom stereocenters. The Bertz CT molecular complexity index is 834. The quantitative estimate of drug-likeness (QED) is 0.937. The van der Waals surface area contributed by atoms with Gasteiger partial charge in [0.05, 0.1) is 0 Å². The van der Waals surface area contributed by atoms with Crippen molar-refractivity contribution in [2.45, 2.75) is 18.9 Å². The van der Waals surface area contributed by atoms with Gasteiger partial charge >= 0.3 is 0 Å². The highest BCUT2D eigenvalue weighted by atomic mass is 16.1. The molecule has 1 aromatic carbocycles. The molecule has 2 aromatic rings. The molecule has 1 amide bonds. The molecule has 25 heavy (non-hydrogen) atoms. The first-order valence-electron chi connectivity index (χ1n) is 8.73. The fourth-order valence-electron chi connectivity index (χ4n) is 3.94. The van der Waals surface area contributed by atoms with Crippen LogP contribution in [0.25, 0.3) is 11.1 Å². The molecule has 5 nitrogen and oxygen atoms in total. The zero-order chi connectivity index (χ0) is 17.2. The Hall–Kier alpha value is -2.71. The highest BCUT2D eigenvalue weighted by Gasteiger charge is 2.34. The van der Waals surface area contributed by atoms with Crippen LogP contribution in [-0.2, 0) is 0 Å². The Balaban J connectivity index is 1.55. The van der Waals surface area contributed by atoms with Gasteiger partial charge in [-0.3, -0.25) is 4.79 Å². The van der Waals surface area contributed by atoms with Crippen LogP contribution in [-0.4, -0.2) is 41.5 Å². The normalized spacial score (nSPS) is 24.5. The zero-order valence-corrected chi connectivity index (χ0v) is 14.0. The number of hydrogen-bond donors (Lipinski definition) is 1. The van der Waals surface area contributed by atoms with Crippen molar-refractivity contribution in [3.8, 4) is 17.2 Å². The number of piperidine rings is 3. The number of carbonyl (C=O) groups excluding carboxylic acids is 1. The lowest BCUT2D eigenvalue weighted by atomic mass is 9.84. The Morgan fingerprint density at radius 1 is 1.24 bits per heavy atom. The summed E-state index contributed by atoms with van der Waals surface area (Å²) in [4.78, 5) is 19.2. The monoisotopic (exact) mass is 332 g/mol. The Kier molecular flexibility index (Phi) is 4.21. The highest BCUT2D eigenvalue weighted by Crippen LogP contribution is 2.28. The summed E-state index contributed by atoms with van der Waals surface area (Å²) in [5.41, 5.74) is 2.59. The number of nitriles is 1. The molecule has 5 rings (SSSR count). The van der Waals surface area contributed by atoms with Crippen molar-refractivity contribution >= 4 is 5.91 Å². The number of benzene rings is 1. The third kappa shape index (κ3) is 3.13. The first-order chi connectivity index (χ1) is 12.2. The third-order valence-corrected chi connectivity index (χ3v) is 5.32. The minimum absolute atomic E-state index is 0.0389. The Labute approximate surface area is 147 Å². The van der Waals surface area contributed by atoms with Crippen LogP contribution < -0.4 is 5.32 Å². The van der Waals surface area contributed by atoms with Gasteiger partial charge in [-0.1, -0.05) is 12.1 Å². The van der Waals surface area contributed by atoms with E-state index in [0.717, 1.165) is 30.8 Å². The van der Waals surface area contributed by atoms with E-state index in [1.807, 2.05) is 30.3 Å². The molecule has 3 fully saturated rings. The summed E-state index contributed by atoms with van der Waals surface area (Å²) in [6, 6.07) is 13.4. The molecule has 3 aliphatic heterocycles. The molecule has 2 bridgehead atoms. The first-order valence-corrected chi connectivity index (χ1v) is 8.73. The second-order valence-electron chi connectivity index (χ2n) is 6.81. The SMILES string of the molecule is N#Cc1ncccc1-c1cccc(C(=O)N[C@@H]2CN3CCC2CC3)c1. The van der Waals surface area contributed by atoms with Gasteiger partial charge in [0, 0.05) is 29.9 Å². The summed E-state index contributed by atoms with van der Waals surface area (Å²) in [5.74, 6) is 0.559.